The Morgan fingerprint density at radius 2 is 1.96 bits per heavy atom. The molecule has 0 aromatic heterocycles. The summed E-state index contributed by atoms with van der Waals surface area (Å²) < 4.78 is 10.4. The van der Waals surface area contributed by atoms with Crippen LogP contribution in [0.3, 0.4) is 0 Å². The normalized spacial score (nSPS) is 10.4. The Morgan fingerprint density at radius 1 is 1.25 bits per heavy atom. The molecule has 0 fully saturated rings. The number of nitro groups is 1. The van der Waals surface area contributed by atoms with Gasteiger partial charge in [0.25, 0.3) is 11.6 Å². The van der Waals surface area contributed by atoms with Crippen LogP contribution >= 0.6 is 0 Å². The lowest BCUT2D eigenvalue weighted by atomic mass is 10.2. The number of amides is 1. The molecule has 0 aliphatic carbocycles. The molecule has 1 N–H and O–H groups in total. The number of hydrazone groups is 1. The van der Waals surface area contributed by atoms with Gasteiger partial charge in [-0.05, 0) is 24.3 Å². The van der Waals surface area contributed by atoms with Crippen molar-refractivity contribution in [2.24, 2.45) is 5.10 Å². The van der Waals surface area contributed by atoms with Gasteiger partial charge in [-0.25, -0.2) is 5.43 Å². The SMILES string of the molecule is COc1ccccc1/C=N\NC(=O)COc1ccc([N+](=O)[O-])cc1. The first-order valence-electron chi connectivity index (χ1n) is 6.92. The fourth-order valence-electron chi connectivity index (χ4n) is 1.79. The standard InChI is InChI=1S/C16H15N3O5/c1-23-15-5-3-2-4-12(15)10-17-18-16(20)11-24-14-8-6-13(7-9-14)19(21)22/h2-10H,11H2,1H3,(H,18,20)/b17-10-. The lowest BCUT2D eigenvalue weighted by Crippen LogP contribution is -2.24. The molecule has 0 atom stereocenters. The fraction of sp³-hybridized carbons (Fsp3) is 0.125. The molecular weight excluding hydrogens is 314 g/mol. The van der Waals surface area contributed by atoms with Gasteiger partial charge in [0.15, 0.2) is 6.61 Å². The zero-order valence-electron chi connectivity index (χ0n) is 12.8. The number of methoxy groups -OCH3 is 1. The topological polar surface area (TPSA) is 103 Å². The van der Waals surface area contributed by atoms with Crippen molar-refractivity contribution in [2.45, 2.75) is 0 Å². The first-order chi connectivity index (χ1) is 11.6. The summed E-state index contributed by atoms with van der Waals surface area (Å²) in [6.07, 6.45) is 1.46. The number of rotatable bonds is 7. The van der Waals surface area contributed by atoms with Crippen LogP contribution in [0.1, 0.15) is 5.56 Å². The first kappa shape index (κ1) is 16.9. The van der Waals surface area contributed by atoms with E-state index < -0.39 is 10.8 Å². The number of hydrogen-bond acceptors (Lipinski definition) is 6. The molecule has 1 amide bonds. The van der Waals surface area contributed by atoms with E-state index in [-0.39, 0.29) is 12.3 Å². The highest BCUT2D eigenvalue weighted by molar-refractivity contribution is 5.85. The van der Waals surface area contributed by atoms with Crippen molar-refractivity contribution in [2.75, 3.05) is 13.7 Å². The third-order valence-electron chi connectivity index (χ3n) is 2.95. The number of nitrogens with one attached hydrogen (secondary N) is 1. The molecule has 0 saturated heterocycles. The van der Waals surface area contributed by atoms with Gasteiger partial charge in [0.05, 0.1) is 18.2 Å². The Kier molecular flexibility index (Phi) is 5.84. The number of non-ortho nitro benzene ring substituents is 1. The number of ether oxygens (including phenoxy) is 2. The molecule has 0 aliphatic rings. The molecule has 2 aromatic carbocycles. The van der Waals surface area contributed by atoms with Gasteiger partial charge in [-0.3, -0.25) is 14.9 Å². The summed E-state index contributed by atoms with van der Waals surface area (Å²) in [5.41, 5.74) is 3.00. The van der Waals surface area contributed by atoms with Crippen LogP contribution < -0.4 is 14.9 Å². The van der Waals surface area contributed by atoms with E-state index in [9.17, 15) is 14.9 Å². The predicted octanol–water partition coefficient (Wildman–Crippen LogP) is 2.13. The molecule has 24 heavy (non-hydrogen) atoms. The number of carbonyl (C=O) groups is 1. The molecule has 0 radical (unpaired) electrons. The Bertz CT molecular complexity index is 744. The summed E-state index contributed by atoms with van der Waals surface area (Å²) >= 11 is 0. The number of para-hydroxylation sites is 1. The van der Waals surface area contributed by atoms with Crippen molar-refractivity contribution in [3.8, 4) is 11.5 Å². The maximum absolute atomic E-state index is 11.6. The minimum absolute atomic E-state index is 0.0480. The highest BCUT2D eigenvalue weighted by Gasteiger charge is 2.06. The Balaban J connectivity index is 1.83. The van der Waals surface area contributed by atoms with E-state index in [1.54, 1.807) is 19.2 Å². The average molecular weight is 329 g/mol. The van der Waals surface area contributed by atoms with Gasteiger partial charge < -0.3 is 9.47 Å². The number of nitrogens with zero attached hydrogens (tertiary/aromatic N) is 2. The van der Waals surface area contributed by atoms with E-state index in [4.69, 9.17) is 9.47 Å². The largest absolute Gasteiger partial charge is 0.496 e. The minimum atomic E-state index is -0.511. The fourth-order valence-corrected chi connectivity index (χ4v) is 1.79. The Morgan fingerprint density at radius 3 is 2.62 bits per heavy atom. The molecule has 0 saturated carbocycles. The second kappa shape index (κ2) is 8.28. The van der Waals surface area contributed by atoms with E-state index in [0.717, 1.165) is 5.56 Å². The third kappa shape index (κ3) is 4.80. The van der Waals surface area contributed by atoms with Crippen molar-refractivity contribution in [1.29, 1.82) is 0 Å². The second-order valence-corrected chi connectivity index (χ2v) is 4.57. The van der Waals surface area contributed by atoms with Crippen molar-refractivity contribution in [1.82, 2.24) is 5.43 Å². The average Bonchev–Trinajstić information content (AvgIpc) is 2.60. The van der Waals surface area contributed by atoms with E-state index in [1.807, 2.05) is 12.1 Å². The molecule has 8 nitrogen and oxygen atoms in total. The highest BCUT2D eigenvalue weighted by Crippen LogP contribution is 2.17. The third-order valence-corrected chi connectivity index (χ3v) is 2.95. The van der Waals surface area contributed by atoms with Gasteiger partial charge in [0.1, 0.15) is 11.5 Å². The molecule has 8 heteroatoms. The Hall–Kier alpha value is -3.42. The lowest BCUT2D eigenvalue weighted by Gasteiger charge is -2.05. The number of benzene rings is 2. The van der Waals surface area contributed by atoms with E-state index in [1.165, 1.54) is 30.5 Å². The van der Waals surface area contributed by atoms with Gasteiger partial charge >= 0.3 is 0 Å². The van der Waals surface area contributed by atoms with Crippen LogP contribution in [0.2, 0.25) is 0 Å². The van der Waals surface area contributed by atoms with Crippen LogP contribution in [-0.2, 0) is 4.79 Å². The Labute approximate surface area is 137 Å². The van der Waals surface area contributed by atoms with Crippen LogP contribution in [-0.4, -0.2) is 30.8 Å². The summed E-state index contributed by atoms with van der Waals surface area (Å²) in [6, 6.07) is 12.7. The molecule has 2 rings (SSSR count). The smallest absolute Gasteiger partial charge is 0.277 e. The summed E-state index contributed by atoms with van der Waals surface area (Å²) in [7, 11) is 1.54. The number of hydrogen-bond donors (Lipinski definition) is 1. The van der Waals surface area contributed by atoms with Crippen LogP contribution in [0.5, 0.6) is 11.5 Å². The molecule has 0 unspecified atom stereocenters. The number of carbonyl (C=O) groups excluding carboxylic acids is 1. The monoisotopic (exact) mass is 329 g/mol. The zero-order valence-corrected chi connectivity index (χ0v) is 12.8. The van der Waals surface area contributed by atoms with Crippen molar-refractivity contribution < 1.29 is 19.2 Å². The molecular formula is C16H15N3O5. The van der Waals surface area contributed by atoms with Gasteiger partial charge in [0.2, 0.25) is 0 Å². The van der Waals surface area contributed by atoms with Crippen molar-refractivity contribution in [3.05, 3.63) is 64.2 Å². The van der Waals surface area contributed by atoms with Crippen molar-refractivity contribution >= 4 is 17.8 Å². The predicted molar refractivity (Wildman–Crippen MR) is 87.3 cm³/mol. The second-order valence-electron chi connectivity index (χ2n) is 4.57. The molecule has 0 bridgehead atoms. The maximum atomic E-state index is 11.6. The molecule has 0 aliphatic heterocycles. The molecule has 0 heterocycles. The van der Waals surface area contributed by atoms with E-state index >= 15 is 0 Å². The summed E-state index contributed by atoms with van der Waals surface area (Å²) in [6.45, 7) is -0.263. The maximum Gasteiger partial charge on any atom is 0.277 e. The minimum Gasteiger partial charge on any atom is -0.496 e. The molecule has 2 aromatic rings. The van der Waals surface area contributed by atoms with Crippen LogP contribution in [0.15, 0.2) is 53.6 Å². The van der Waals surface area contributed by atoms with E-state index in [2.05, 4.69) is 10.5 Å². The zero-order chi connectivity index (χ0) is 17.4. The number of nitro benzene ring substituents is 1. The van der Waals surface area contributed by atoms with E-state index in [0.29, 0.717) is 11.5 Å². The van der Waals surface area contributed by atoms with Crippen LogP contribution in [0, 0.1) is 10.1 Å². The van der Waals surface area contributed by atoms with Gasteiger partial charge in [-0.15, -0.1) is 0 Å². The van der Waals surface area contributed by atoms with Crippen molar-refractivity contribution in [3.63, 3.8) is 0 Å². The lowest BCUT2D eigenvalue weighted by molar-refractivity contribution is -0.384. The molecule has 0 spiro atoms. The summed E-state index contributed by atoms with van der Waals surface area (Å²) in [5, 5.41) is 14.4. The van der Waals surface area contributed by atoms with Crippen LogP contribution in [0.25, 0.3) is 0 Å². The van der Waals surface area contributed by atoms with Gasteiger partial charge in [0, 0.05) is 17.7 Å². The molecule has 124 valence electrons. The first-order valence-corrected chi connectivity index (χ1v) is 6.92. The van der Waals surface area contributed by atoms with Gasteiger partial charge in [-0.1, -0.05) is 12.1 Å². The quantitative estimate of drug-likeness (QED) is 0.476. The summed E-state index contributed by atoms with van der Waals surface area (Å²) in [4.78, 5) is 21.7. The highest BCUT2D eigenvalue weighted by atomic mass is 16.6. The summed E-state index contributed by atoms with van der Waals surface area (Å²) in [5.74, 6) is 0.529. The van der Waals surface area contributed by atoms with Gasteiger partial charge in [-0.2, -0.15) is 5.10 Å². The van der Waals surface area contributed by atoms with Crippen LogP contribution in [0.4, 0.5) is 5.69 Å².